The summed E-state index contributed by atoms with van der Waals surface area (Å²) in [5.74, 6) is 1.46. The highest BCUT2D eigenvalue weighted by Crippen LogP contribution is 2.31. The Morgan fingerprint density at radius 3 is 2.58 bits per heavy atom. The molecule has 0 fully saturated rings. The van der Waals surface area contributed by atoms with E-state index in [2.05, 4.69) is 5.32 Å². The molecular formula is C18H16ClNO4. The normalized spacial score (nSPS) is 10.7. The van der Waals surface area contributed by atoms with Gasteiger partial charge in [0.1, 0.15) is 22.8 Å². The summed E-state index contributed by atoms with van der Waals surface area (Å²) in [4.78, 5) is 12.7. The van der Waals surface area contributed by atoms with E-state index in [1.54, 1.807) is 50.4 Å². The molecule has 0 aliphatic carbocycles. The number of rotatable bonds is 4. The average Bonchev–Trinajstić information content (AvgIpc) is 2.89. The zero-order valence-corrected chi connectivity index (χ0v) is 14.2. The van der Waals surface area contributed by atoms with E-state index >= 15 is 0 Å². The van der Waals surface area contributed by atoms with Crippen molar-refractivity contribution in [1.29, 1.82) is 0 Å². The number of amides is 1. The number of aryl methyl sites for hydroxylation is 1. The van der Waals surface area contributed by atoms with Gasteiger partial charge < -0.3 is 19.2 Å². The molecule has 0 saturated carbocycles. The maximum absolute atomic E-state index is 12.7. The minimum Gasteiger partial charge on any atom is -0.497 e. The number of furan rings is 1. The fourth-order valence-corrected chi connectivity index (χ4v) is 2.80. The highest BCUT2D eigenvalue weighted by molar-refractivity contribution is 6.32. The maximum Gasteiger partial charge on any atom is 0.259 e. The Morgan fingerprint density at radius 2 is 1.92 bits per heavy atom. The number of carbonyl (C=O) groups excluding carboxylic acids is 1. The van der Waals surface area contributed by atoms with Gasteiger partial charge >= 0.3 is 0 Å². The molecule has 5 nitrogen and oxygen atoms in total. The monoisotopic (exact) mass is 345 g/mol. The van der Waals surface area contributed by atoms with Crippen LogP contribution in [0.25, 0.3) is 11.0 Å². The number of ether oxygens (including phenoxy) is 2. The molecule has 0 bridgehead atoms. The molecule has 0 atom stereocenters. The summed E-state index contributed by atoms with van der Waals surface area (Å²) in [5, 5.41) is 3.95. The van der Waals surface area contributed by atoms with E-state index in [0.29, 0.717) is 44.5 Å². The maximum atomic E-state index is 12.7. The minimum atomic E-state index is -0.277. The van der Waals surface area contributed by atoms with Crippen molar-refractivity contribution in [2.45, 2.75) is 6.92 Å². The molecule has 1 N–H and O–H groups in total. The molecule has 1 aromatic heterocycles. The van der Waals surface area contributed by atoms with Gasteiger partial charge in [-0.1, -0.05) is 11.6 Å². The molecule has 2 aromatic carbocycles. The van der Waals surface area contributed by atoms with Gasteiger partial charge in [0.05, 0.1) is 24.8 Å². The first-order chi connectivity index (χ1) is 11.5. The Balaban J connectivity index is 1.96. The van der Waals surface area contributed by atoms with Crippen LogP contribution in [0.5, 0.6) is 11.5 Å². The number of hydrogen-bond donors (Lipinski definition) is 1. The van der Waals surface area contributed by atoms with Gasteiger partial charge in [0, 0.05) is 11.1 Å². The van der Waals surface area contributed by atoms with Crippen LogP contribution in [0.4, 0.5) is 5.69 Å². The summed E-state index contributed by atoms with van der Waals surface area (Å²) in [5.41, 5.74) is 1.67. The SMILES string of the molecule is COc1ccc2oc(C)c(C(=O)Nc3ccc(OC)c(Cl)c3)c2c1. The van der Waals surface area contributed by atoms with Crippen LogP contribution < -0.4 is 14.8 Å². The van der Waals surface area contributed by atoms with Crippen LogP contribution in [0.2, 0.25) is 5.02 Å². The van der Waals surface area contributed by atoms with Gasteiger partial charge in [-0.25, -0.2) is 0 Å². The third-order valence-corrected chi connectivity index (χ3v) is 4.00. The van der Waals surface area contributed by atoms with E-state index in [0.717, 1.165) is 0 Å². The third kappa shape index (κ3) is 2.90. The lowest BCUT2D eigenvalue weighted by atomic mass is 10.1. The fourth-order valence-electron chi connectivity index (χ4n) is 2.55. The molecule has 24 heavy (non-hydrogen) atoms. The quantitative estimate of drug-likeness (QED) is 0.746. The summed E-state index contributed by atoms with van der Waals surface area (Å²) in [7, 11) is 3.11. The van der Waals surface area contributed by atoms with Gasteiger partial charge in [0.2, 0.25) is 0 Å². The molecule has 0 spiro atoms. The van der Waals surface area contributed by atoms with Crippen molar-refractivity contribution in [3.8, 4) is 11.5 Å². The zero-order valence-electron chi connectivity index (χ0n) is 13.5. The van der Waals surface area contributed by atoms with Crippen molar-refractivity contribution < 1.29 is 18.7 Å². The average molecular weight is 346 g/mol. The first kappa shape index (κ1) is 16.2. The summed E-state index contributed by atoms with van der Waals surface area (Å²) < 4.78 is 16.0. The van der Waals surface area contributed by atoms with Crippen LogP contribution in [0, 0.1) is 6.92 Å². The first-order valence-electron chi connectivity index (χ1n) is 7.25. The molecule has 0 radical (unpaired) electrons. The number of methoxy groups -OCH3 is 2. The number of hydrogen-bond acceptors (Lipinski definition) is 4. The van der Waals surface area contributed by atoms with Crippen LogP contribution in [0.1, 0.15) is 16.1 Å². The third-order valence-electron chi connectivity index (χ3n) is 3.71. The molecule has 124 valence electrons. The fraction of sp³-hybridized carbons (Fsp3) is 0.167. The molecule has 0 aliphatic rings. The van der Waals surface area contributed by atoms with Crippen molar-refractivity contribution in [3.63, 3.8) is 0 Å². The summed E-state index contributed by atoms with van der Waals surface area (Å²) in [6, 6.07) is 10.4. The van der Waals surface area contributed by atoms with Crippen molar-refractivity contribution in [2.24, 2.45) is 0 Å². The number of fused-ring (bicyclic) bond motifs is 1. The molecule has 0 unspecified atom stereocenters. The van der Waals surface area contributed by atoms with Gasteiger partial charge in [-0.05, 0) is 43.3 Å². The molecule has 3 aromatic rings. The number of halogens is 1. The Bertz CT molecular complexity index is 917. The van der Waals surface area contributed by atoms with E-state index in [1.165, 1.54) is 7.11 Å². The van der Waals surface area contributed by atoms with E-state index in [4.69, 9.17) is 25.5 Å². The van der Waals surface area contributed by atoms with Gasteiger partial charge in [-0.2, -0.15) is 0 Å². The number of nitrogens with one attached hydrogen (secondary N) is 1. The zero-order chi connectivity index (χ0) is 17.3. The number of carbonyl (C=O) groups is 1. The summed E-state index contributed by atoms with van der Waals surface area (Å²) in [6.07, 6.45) is 0. The highest BCUT2D eigenvalue weighted by Gasteiger charge is 2.19. The first-order valence-corrected chi connectivity index (χ1v) is 7.63. The van der Waals surface area contributed by atoms with Crippen LogP contribution in [0.3, 0.4) is 0 Å². The lowest BCUT2D eigenvalue weighted by Gasteiger charge is -2.08. The Labute approximate surface area is 144 Å². The molecule has 1 amide bonds. The topological polar surface area (TPSA) is 60.7 Å². The van der Waals surface area contributed by atoms with Crippen LogP contribution in [0.15, 0.2) is 40.8 Å². The van der Waals surface area contributed by atoms with Crippen LogP contribution in [-0.4, -0.2) is 20.1 Å². The van der Waals surface area contributed by atoms with Gasteiger partial charge in [-0.15, -0.1) is 0 Å². The smallest absolute Gasteiger partial charge is 0.259 e. The molecular weight excluding hydrogens is 330 g/mol. The van der Waals surface area contributed by atoms with Crippen molar-refractivity contribution >= 4 is 34.2 Å². The summed E-state index contributed by atoms with van der Waals surface area (Å²) in [6.45, 7) is 1.75. The molecule has 1 heterocycles. The van der Waals surface area contributed by atoms with E-state index in [1.807, 2.05) is 0 Å². The largest absolute Gasteiger partial charge is 0.497 e. The lowest BCUT2D eigenvalue weighted by molar-refractivity contribution is 0.102. The summed E-state index contributed by atoms with van der Waals surface area (Å²) >= 11 is 6.09. The number of anilines is 1. The molecule has 0 aliphatic heterocycles. The second-order valence-corrected chi connectivity index (χ2v) is 5.61. The Morgan fingerprint density at radius 1 is 1.12 bits per heavy atom. The highest BCUT2D eigenvalue weighted by atomic mass is 35.5. The Kier molecular flexibility index (Phi) is 4.36. The predicted molar refractivity (Wildman–Crippen MR) is 93.5 cm³/mol. The van der Waals surface area contributed by atoms with E-state index in [9.17, 15) is 4.79 Å². The number of benzene rings is 2. The molecule has 0 saturated heterocycles. The second-order valence-electron chi connectivity index (χ2n) is 5.20. The van der Waals surface area contributed by atoms with Gasteiger partial charge in [-0.3, -0.25) is 4.79 Å². The predicted octanol–water partition coefficient (Wildman–Crippen LogP) is 4.66. The Hall–Kier alpha value is -2.66. The van der Waals surface area contributed by atoms with Crippen LogP contribution in [-0.2, 0) is 0 Å². The van der Waals surface area contributed by atoms with E-state index in [-0.39, 0.29) is 5.91 Å². The second kappa shape index (κ2) is 6.45. The van der Waals surface area contributed by atoms with Crippen LogP contribution >= 0.6 is 11.6 Å². The molecule has 3 rings (SSSR count). The van der Waals surface area contributed by atoms with Crippen molar-refractivity contribution in [2.75, 3.05) is 19.5 Å². The minimum absolute atomic E-state index is 0.277. The molecule has 6 heteroatoms. The van der Waals surface area contributed by atoms with Gasteiger partial charge in [0.15, 0.2) is 0 Å². The van der Waals surface area contributed by atoms with Gasteiger partial charge in [0.25, 0.3) is 5.91 Å². The van der Waals surface area contributed by atoms with Crippen molar-refractivity contribution in [3.05, 3.63) is 52.7 Å². The lowest BCUT2D eigenvalue weighted by Crippen LogP contribution is -2.12. The van der Waals surface area contributed by atoms with Crippen molar-refractivity contribution in [1.82, 2.24) is 0 Å². The van der Waals surface area contributed by atoms with E-state index < -0.39 is 0 Å². The standard InChI is InChI=1S/C18H16ClNO4/c1-10-17(13-9-12(22-2)5-7-15(13)24-10)18(21)20-11-4-6-16(23-3)14(19)8-11/h4-9H,1-3H3,(H,20,21).